The monoisotopic (exact) mass is 324 g/mol. The van der Waals surface area contributed by atoms with Crippen LogP contribution in [-0.4, -0.2) is 16.9 Å². The molecule has 1 aromatic carbocycles. The van der Waals surface area contributed by atoms with E-state index in [1.165, 1.54) is 0 Å². The maximum atomic E-state index is 11.4. The molecule has 23 heavy (non-hydrogen) atoms. The molecular formula is C17H21N2NaO3. The van der Waals surface area contributed by atoms with Crippen LogP contribution in [0.1, 0.15) is 53.4 Å². The molecule has 5 nitrogen and oxygen atoms in total. The van der Waals surface area contributed by atoms with E-state index < -0.39 is 5.97 Å². The number of aromatic carboxylic acids is 1. The zero-order valence-electron chi connectivity index (χ0n) is 14.0. The molecule has 0 bridgehead atoms. The van der Waals surface area contributed by atoms with Gasteiger partial charge in [0.05, 0.1) is 12.4 Å². The number of amides is 1. The first kappa shape index (κ1) is 19.7. The number of unbranched alkanes of at least 4 members (excludes halogenated alkanes) is 2. The van der Waals surface area contributed by atoms with E-state index in [1.54, 1.807) is 19.1 Å². The topological polar surface area (TPSA) is 99.0 Å². The molecule has 2 aromatic rings. The number of primary amides is 1. The van der Waals surface area contributed by atoms with Gasteiger partial charge in [-0.2, -0.15) is 0 Å². The number of carboxylic acids is 1. The van der Waals surface area contributed by atoms with E-state index in [-0.39, 0.29) is 47.4 Å². The number of H-pyrrole nitrogens is 1. The zero-order valence-corrected chi connectivity index (χ0v) is 16.0. The molecule has 0 aliphatic heterocycles. The summed E-state index contributed by atoms with van der Waals surface area (Å²) in [6.45, 7) is 3.85. The van der Waals surface area contributed by atoms with E-state index in [0.717, 1.165) is 42.3 Å². The van der Waals surface area contributed by atoms with Gasteiger partial charge >= 0.3 is 29.6 Å². The fourth-order valence-electron chi connectivity index (χ4n) is 2.82. The first-order chi connectivity index (χ1) is 10.4. The van der Waals surface area contributed by atoms with Crippen LogP contribution in [0.4, 0.5) is 0 Å². The third-order valence-corrected chi connectivity index (χ3v) is 3.94. The van der Waals surface area contributed by atoms with Gasteiger partial charge in [-0.25, -0.2) is 0 Å². The second kappa shape index (κ2) is 8.52. The zero-order chi connectivity index (χ0) is 16.3. The molecule has 2 rings (SSSR count). The van der Waals surface area contributed by atoms with Gasteiger partial charge in [-0.05, 0) is 43.0 Å². The van der Waals surface area contributed by atoms with Crippen LogP contribution in [0.3, 0.4) is 0 Å². The first-order valence-electron chi connectivity index (χ1n) is 7.57. The molecule has 1 aromatic heterocycles. The van der Waals surface area contributed by atoms with Crippen LogP contribution in [0, 0.1) is 6.92 Å². The van der Waals surface area contributed by atoms with Crippen molar-refractivity contribution in [1.29, 1.82) is 0 Å². The Balaban J connectivity index is 0.00000264. The third kappa shape index (κ3) is 4.59. The maximum absolute atomic E-state index is 11.4. The summed E-state index contributed by atoms with van der Waals surface area (Å²) in [4.78, 5) is 25.8. The Hall–Kier alpha value is -1.30. The Morgan fingerprint density at radius 2 is 1.96 bits per heavy atom. The maximum Gasteiger partial charge on any atom is 1.00 e. The molecule has 0 aliphatic rings. The molecule has 0 aliphatic carbocycles. The molecular weight excluding hydrogens is 303 g/mol. The van der Waals surface area contributed by atoms with Crippen LogP contribution in [-0.2, 0) is 17.6 Å². The molecule has 0 radical (unpaired) electrons. The van der Waals surface area contributed by atoms with E-state index in [1.807, 2.05) is 0 Å². The SMILES string of the molecule is CCCCCc1[nH]c2cc(C(=O)[O-])c(C)cc2c1CC(N)=O.[Na+]. The molecule has 1 heterocycles. The fourth-order valence-corrected chi connectivity index (χ4v) is 2.82. The average molecular weight is 324 g/mol. The number of benzene rings is 1. The number of hydrogen-bond donors (Lipinski definition) is 2. The Kier molecular flexibility index (Phi) is 7.32. The van der Waals surface area contributed by atoms with Crippen LogP contribution < -0.4 is 40.4 Å². The van der Waals surface area contributed by atoms with Crippen molar-refractivity contribution < 1.29 is 44.3 Å². The summed E-state index contributed by atoms with van der Waals surface area (Å²) in [5, 5.41) is 12.0. The molecule has 0 saturated carbocycles. The van der Waals surface area contributed by atoms with Gasteiger partial charge in [0.25, 0.3) is 0 Å². The van der Waals surface area contributed by atoms with Crippen molar-refractivity contribution >= 4 is 22.8 Å². The smallest absolute Gasteiger partial charge is 0.545 e. The predicted molar refractivity (Wildman–Crippen MR) is 83.5 cm³/mol. The number of nitrogens with one attached hydrogen (secondary N) is 1. The van der Waals surface area contributed by atoms with Gasteiger partial charge in [0.15, 0.2) is 0 Å². The van der Waals surface area contributed by atoms with Gasteiger partial charge in [0.1, 0.15) is 0 Å². The minimum absolute atomic E-state index is 0. The minimum atomic E-state index is -1.20. The summed E-state index contributed by atoms with van der Waals surface area (Å²) in [7, 11) is 0. The van der Waals surface area contributed by atoms with Crippen molar-refractivity contribution in [3.05, 3.63) is 34.5 Å². The van der Waals surface area contributed by atoms with Crippen molar-refractivity contribution in [2.75, 3.05) is 0 Å². The van der Waals surface area contributed by atoms with Crippen molar-refractivity contribution in [3.8, 4) is 0 Å². The van der Waals surface area contributed by atoms with E-state index >= 15 is 0 Å². The normalized spacial score (nSPS) is 10.5. The number of nitrogens with two attached hydrogens (primary N) is 1. The Labute approximate surface area is 157 Å². The Morgan fingerprint density at radius 3 is 2.52 bits per heavy atom. The predicted octanol–water partition coefficient (Wildman–Crippen LogP) is -1.40. The van der Waals surface area contributed by atoms with E-state index in [9.17, 15) is 14.7 Å². The molecule has 6 heteroatoms. The summed E-state index contributed by atoms with van der Waals surface area (Å²) in [6, 6.07) is 3.37. The molecule has 0 unspecified atom stereocenters. The van der Waals surface area contributed by atoms with Gasteiger partial charge in [-0.15, -0.1) is 0 Å². The number of carbonyl (C=O) groups excluding carboxylic acids is 2. The molecule has 0 fully saturated rings. The number of hydrogen-bond acceptors (Lipinski definition) is 3. The van der Waals surface area contributed by atoms with Gasteiger partial charge in [-0.3, -0.25) is 4.79 Å². The van der Waals surface area contributed by atoms with Gasteiger partial charge in [0.2, 0.25) is 5.91 Å². The van der Waals surface area contributed by atoms with Crippen LogP contribution >= 0.6 is 0 Å². The van der Waals surface area contributed by atoms with Crippen molar-refractivity contribution in [2.24, 2.45) is 5.73 Å². The Bertz CT molecular complexity index is 722. The van der Waals surface area contributed by atoms with E-state index in [4.69, 9.17) is 5.73 Å². The van der Waals surface area contributed by atoms with Gasteiger partial charge in [0, 0.05) is 22.2 Å². The molecule has 0 saturated heterocycles. The Morgan fingerprint density at radius 1 is 1.26 bits per heavy atom. The number of aromatic nitrogens is 1. The minimum Gasteiger partial charge on any atom is -0.545 e. The first-order valence-corrected chi connectivity index (χ1v) is 7.57. The second-order valence-corrected chi connectivity index (χ2v) is 5.68. The quantitative estimate of drug-likeness (QED) is 0.484. The van der Waals surface area contributed by atoms with Crippen LogP contribution in [0.25, 0.3) is 10.9 Å². The van der Waals surface area contributed by atoms with E-state index in [0.29, 0.717) is 11.1 Å². The number of rotatable bonds is 7. The van der Waals surface area contributed by atoms with Crippen LogP contribution in [0.15, 0.2) is 12.1 Å². The van der Waals surface area contributed by atoms with E-state index in [2.05, 4.69) is 11.9 Å². The average Bonchev–Trinajstić information content (AvgIpc) is 2.75. The summed E-state index contributed by atoms with van der Waals surface area (Å²) in [6.07, 6.45) is 4.21. The molecule has 1 amide bonds. The van der Waals surface area contributed by atoms with Crippen LogP contribution in [0.5, 0.6) is 0 Å². The fraction of sp³-hybridized carbons (Fsp3) is 0.412. The molecule has 0 atom stereocenters. The van der Waals surface area contributed by atoms with Crippen molar-refractivity contribution in [1.82, 2.24) is 4.98 Å². The number of carboxylic acid groups (broad SMARTS) is 1. The second-order valence-electron chi connectivity index (χ2n) is 5.68. The van der Waals surface area contributed by atoms with Gasteiger partial charge in [-0.1, -0.05) is 19.8 Å². The number of carbonyl (C=O) groups is 2. The summed E-state index contributed by atoms with van der Waals surface area (Å²) < 4.78 is 0. The standard InChI is InChI=1S/C17H22N2O3.Na/c1-3-4-5-6-14-13(9-16(18)20)12-7-10(2)11(17(21)22)8-15(12)19-14;/h7-8,19H,3-6,9H2,1-2H3,(H2,18,20)(H,21,22);/q;+1/p-1. The molecule has 3 N–H and O–H groups in total. The molecule has 0 spiro atoms. The number of fused-ring (bicyclic) bond motifs is 1. The summed E-state index contributed by atoms with van der Waals surface area (Å²) in [5.41, 5.74) is 8.71. The number of aromatic amines is 1. The third-order valence-electron chi connectivity index (χ3n) is 3.94. The summed E-state index contributed by atoms with van der Waals surface area (Å²) in [5.74, 6) is -1.59. The summed E-state index contributed by atoms with van der Waals surface area (Å²) >= 11 is 0. The molecule has 118 valence electrons. The van der Waals surface area contributed by atoms with Gasteiger partial charge < -0.3 is 20.6 Å². The van der Waals surface area contributed by atoms with Crippen LogP contribution in [0.2, 0.25) is 0 Å². The van der Waals surface area contributed by atoms with Crippen molar-refractivity contribution in [3.63, 3.8) is 0 Å². The largest absolute Gasteiger partial charge is 1.00 e. The number of aryl methyl sites for hydroxylation is 2. The van der Waals surface area contributed by atoms with Crippen molar-refractivity contribution in [2.45, 2.75) is 46.0 Å².